The Hall–Kier alpha value is -1.29. The zero-order valence-corrected chi connectivity index (χ0v) is 11.4. The van der Waals surface area contributed by atoms with E-state index in [0.29, 0.717) is 0 Å². The molecule has 0 radical (unpaired) electrons. The highest BCUT2D eigenvalue weighted by molar-refractivity contribution is 7.97. The summed E-state index contributed by atoms with van der Waals surface area (Å²) in [5, 5.41) is 7.32. The van der Waals surface area contributed by atoms with Crippen LogP contribution in [0, 0.1) is 0 Å². The van der Waals surface area contributed by atoms with Crippen molar-refractivity contribution < 1.29 is 5.21 Å². The first-order valence-corrected chi connectivity index (χ1v) is 6.98. The van der Waals surface area contributed by atoms with Gasteiger partial charge in [-0.1, -0.05) is 60.7 Å². The number of rotatable bonds is 4. The van der Waals surface area contributed by atoms with E-state index in [1.165, 1.54) is 18.2 Å². The van der Waals surface area contributed by atoms with E-state index >= 15 is 0 Å². The van der Waals surface area contributed by atoms with Crippen molar-refractivity contribution in [2.24, 2.45) is 0 Å². The quantitative estimate of drug-likeness (QED) is 0.823. The number of hydrogen-bond acceptors (Lipinski definition) is 3. The second-order valence-electron chi connectivity index (χ2n) is 3.69. The fourth-order valence-electron chi connectivity index (χ4n) is 1.44. The molecular weight excluding hydrogens is 242 g/mol. The van der Waals surface area contributed by atoms with Gasteiger partial charge in [-0.3, -0.25) is 0 Å². The van der Waals surface area contributed by atoms with E-state index in [1.807, 2.05) is 11.8 Å². The van der Waals surface area contributed by atoms with Crippen molar-refractivity contribution in [3.8, 4) is 0 Å². The first-order chi connectivity index (χ1) is 8.86. The molecule has 0 fully saturated rings. The minimum atomic E-state index is 1.09. The molecule has 0 saturated heterocycles. The second-order valence-corrected chi connectivity index (χ2v) is 4.67. The Morgan fingerprint density at radius 3 is 1.50 bits per heavy atom. The lowest BCUT2D eigenvalue weighted by molar-refractivity contribution is 0.194. The highest BCUT2D eigenvalue weighted by Crippen LogP contribution is 2.17. The topological polar surface area (TPSA) is 32.3 Å². The van der Waals surface area contributed by atoms with Crippen molar-refractivity contribution >= 4 is 11.8 Å². The van der Waals surface area contributed by atoms with Gasteiger partial charge in [0.05, 0.1) is 0 Å². The highest BCUT2D eigenvalue weighted by Gasteiger charge is 1.93. The van der Waals surface area contributed by atoms with Crippen LogP contribution in [-0.4, -0.2) is 12.3 Å². The Morgan fingerprint density at radius 1 is 0.833 bits per heavy atom. The summed E-state index contributed by atoms with van der Waals surface area (Å²) in [5.41, 5.74) is 4.55. The van der Waals surface area contributed by atoms with E-state index in [2.05, 4.69) is 60.7 Å². The standard InChI is InChI=1S/C14H14S.CH5NO/c1-3-7-13(8-4-1)11-15-12-14-9-5-2-6-10-14;1-2-3/h1-10H,11-12H2;2-3H,1H3. The highest BCUT2D eigenvalue weighted by atomic mass is 32.2. The Kier molecular flexibility index (Phi) is 7.97. The normalized spacial score (nSPS) is 9.44. The maximum atomic E-state index is 7.32. The van der Waals surface area contributed by atoms with Crippen molar-refractivity contribution in [3.63, 3.8) is 0 Å². The van der Waals surface area contributed by atoms with Crippen molar-refractivity contribution in [3.05, 3.63) is 71.8 Å². The Labute approximate surface area is 113 Å². The molecule has 0 aliphatic rings. The molecule has 0 heterocycles. The minimum absolute atomic E-state index is 1.09. The summed E-state index contributed by atoms with van der Waals surface area (Å²) in [6.07, 6.45) is 0. The predicted octanol–water partition coefficient (Wildman–Crippen LogP) is 3.72. The van der Waals surface area contributed by atoms with Crippen LogP contribution in [0.4, 0.5) is 0 Å². The lowest BCUT2D eigenvalue weighted by Gasteiger charge is -2.01. The van der Waals surface area contributed by atoms with Crippen LogP contribution in [0.5, 0.6) is 0 Å². The van der Waals surface area contributed by atoms with Crippen molar-refractivity contribution in [1.82, 2.24) is 5.48 Å². The third kappa shape index (κ3) is 6.45. The smallest absolute Gasteiger partial charge is 0.0187 e. The van der Waals surface area contributed by atoms with Gasteiger partial charge < -0.3 is 5.21 Å². The molecule has 0 bridgehead atoms. The molecule has 0 amide bonds. The van der Waals surface area contributed by atoms with Crippen LogP contribution >= 0.6 is 11.8 Å². The predicted molar refractivity (Wildman–Crippen MR) is 78.7 cm³/mol. The maximum absolute atomic E-state index is 7.32. The van der Waals surface area contributed by atoms with E-state index < -0.39 is 0 Å². The van der Waals surface area contributed by atoms with Crippen LogP contribution in [0.2, 0.25) is 0 Å². The van der Waals surface area contributed by atoms with Gasteiger partial charge >= 0.3 is 0 Å². The fourth-order valence-corrected chi connectivity index (χ4v) is 2.39. The summed E-state index contributed by atoms with van der Waals surface area (Å²) >= 11 is 1.96. The van der Waals surface area contributed by atoms with E-state index in [-0.39, 0.29) is 0 Å². The Morgan fingerprint density at radius 2 is 1.17 bits per heavy atom. The SMILES string of the molecule is CNO.c1ccc(CSCc2ccccc2)cc1. The molecular formula is C15H19NOS. The maximum Gasteiger partial charge on any atom is 0.0187 e. The van der Waals surface area contributed by atoms with Crippen LogP contribution in [-0.2, 0) is 11.5 Å². The van der Waals surface area contributed by atoms with Gasteiger partial charge in [-0.2, -0.15) is 11.8 Å². The summed E-state index contributed by atoms with van der Waals surface area (Å²) in [6.45, 7) is 0. The van der Waals surface area contributed by atoms with Crippen LogP contribution in [0.25, 0.3) is 0 Å². The largest absolute Gasteiger partial charge is 0.317 e. The number of hydrogen-bond donors (Lipinski definition) is 2. The third-order valence-corrected chi connectivity index (χ3v) is 3.30. The zero-order valence-electron chi connectivity index (χ0n) is 10.5. The molecule has 0 aliphatic heterocycles. The first kappa shape index (κ1) is 14.8. The van der Waals surface area contributed by atoms with E-state index in [1.54, 1.807) is 5.48 Å². The summed E-state index contributed by atoms with van der Waals surface area (Å²) in [6, 6.07) is 21.2. The number of thioether (sulfide) groups is 1. The van der Waals surface area contributed by atoms with Crippen LogP contribution < -0.4 is 5.48 Å². The molecule has 0 unspecified atom stereocenters. The summed E-state index contributed by atoms with van der Waals surface area (Å²) < 4.78 is 0. The second kappa shape index (κ2) is 9.71. The van der Waals surface area contributed by atoms with Crippen molar-refractivity contribution in [2.75, 3.05) is 7.05 Å². The lowest BCUT2D eigenvalue weighted by atomic mass is 10.2. The number of benzene rings is 2. The van der Waals surface area contributed by atoms with Gasteiger partial charge in [0.1, 0.15) is 0 Å². The summed E-state index contributed by atoms with van der Waals surface area (Å²) in [7, 11) is 1.43. The molecule has 2 N–H and O–H groups in total. The van der Waals surface area contributed by atoms with Gasteiger partial charge in [0.15, 0.2) is 0 Å². The number of hydroxylamine groups is 1. The molecule has 0 aliphatic carbocycles. The average molecular weight is 261 g/mol. The molecule has 0 spiro atoms. The van der Waals surface area contributed by atoms with E-state index in [0.717, 1.165) is 11.5 Å². The van der Waals surface area contributed by atoms with Crippen LogP contribution in [0.1, 0.15) is 11.1 Å². The summed E-state index contributed by atoms with van der Waals surface area (Å²) in [4.78, 5) is 0. The molecule has 2 aromatic carbocycles. The molecule has 0 saturated carbocycles. The summed E-state index contributed by atoms with van der Waals surface area (Å²) in [5.74, 6) is 2.19. The molecule has 0 aromatic heterocycles. The van der Waals surface area contributed by atoms with Crippen molar-refractivity contribution in [1.29, 1.82) is 0 Å². The van der Waals surface area contributed by atoms with Gasteiger partial charge in [0, 0.05) is 18.6 Å². The molecule has 2 nitrogen and oxygen atoms in total. The van der Waals surface area contributed by atoms with Gasteiger partial charge in [-0.15, -0.1) is 0 Å². The van der Waals surface area contributed by atoms with E-state index in [9.17, 15) is 0 Å². The third-order valence-electron chi connectivity index (χ3n) is 2.22. The van der Waals surface area contributed by atoms with Crippen LogP contribution in [0.3, 0.4) is 0 Å². The molecule has 0 atom stereocenters. The lowest BCUT2D eigenvalue weighted by Crippen LogP contribution is -1.91. The van der Waals surface area contributed by atoms with Crippen molar-refractivity contribution in [2.45, 2.75) is 11.5 Å². The minimum Gasteiger partial charge on any atom is -0.317 e. The van der Waals surface area contributed by atoms with Gasteiger partial charge in [0.2, 0.25) is 0 Å². The average Bonchev–Trinajstić information content (AvgIpc) is 2.42. The zero-order chi connectivity index (χ0) is 13.1. The van der Waals surface area contributed by atoms with Gasteiger partial charge in [0.25, 0.3) is 0 Å². The first-order valence-electron chi connectivity index (χ1n) is 5.83. The molecule has 18 heavy (non-hydrogen) atoms. The van der Waals surface area contributed by atoms with Gasteiger partial charge in [-0.25, -0.2) is 5.48 Å². The molecule has 96 valence electrons. The Balaban J connectivity index is 0.000000492. The van der Waals surface area contributed by atoms with E-state index in [4.69, 9.17) is 5.21 Å². The monoisotopic (exact) mass is 261 g/mol. The molecule has 2 aromatic rings. The molecule has 2 rings (SSSR count). The number of nitrogens with one attached hydrogen (secondary N) is 1. The molecule has 3 heteroatoms. The fraction of sp³-hybridized carbons (Fsp3) is 0.200. The van der Waals surface area contributed by atoms with Gasteiger partial charge in [-0.05, 0) is 11.1 Å². The Bertz CT molecular complexity index is 366. The van der Waals surface area contributed by atoms with Crippen LogP contribution in [0.15, 0.2) is 60.7 Å².